The van der Waals surface area contributed by atoms with Crippen molar-refractivity contribution in [2.45, 2.75) is 12.5 Å². The minimum Gasteiger partial charge on any atom is -0.483 e. The summed E-state index contributed by atoms with van der Waals surface area (Å²) in [7, 11) is 0. The Kier molecular flexibility index (Phi) is 4.11. The minimum absolute atomic E-state index is 0.00776. The molecule has 1 aromatic heterocycles. The number of hydrogen-bond acceptors (Lipinski definition) is 5. The van der Waals surface area contributed by atoms with Gasteiger partial charge in [0.15, 0.2) is 11.6 Å². The number of anilines is 1. The first-order chi connectivity index (χ1) is 13.2. The molecule has 0 saturated carbocycles. The molecule has 1 saturated heterocycles. The van der Waals surface area contributed by atoms with Gasteiger partial charge in [0, 0.05) is 25.3 Å². The lowest BCUT2D eigenvalue weighted by atomic mass is 10.1. The summed E-state index contributed by atoms with van der Waals surface area (Å²) in [6, 6.07) is 0.0558. The summed E-state index contributed by atoms with van der Waals surface area (Å²) in [5, 5.41) is 9.08. The number of benzene rings is 1. The summed E-state index contributed by atoms with van der Waals surface area (Å²) in [6.07, 6.45) is -1.54. The van der Waals surface area contributed by atoms with Gasteiger partial charge in [0.1, 0.15) is 23.4 Å². The minimum atomic E-state index is -2.66. The summed E-state index contributed by atoms with van der Waals surface area (Å²) in [4.78, 5) is 25.3. The fourth-order valence-corrected chi connectivity index (χ4v) is 3.78. The van der Waals surface area contributed by atoms with Crippen molar-refractivity contribution >= 4 is 28.3 Å². The van der Waals surface area contributed by atoms with Gasteiger partial charge in [-0.05, 0) is 6.07 Å². The van der Waals surface area contributed by atoms with Gasteiger partial charge < -0.3 is 25.0 Å². The molecule has 2 atom stereocenters. The van der Waals surface area contributed by atoms with Gasteiger partial charge in [0.25, 0.3) is 0 Å². The van der Waals surface area contributed by atoms with Gasteiger partial charge in [-0.25, -0.2) is 18.0 Å². The highest BCUT2D eigenvalue weighted by Crippen LogP contribution is 2.43. The molecule has 2 aliphatic rings. The van der Waals surface area contributed by atoms with Gasteiger partial charge in [0.05, 0.1) is 17.0 Å². The molecule has 7 nitrogen and oxygen atoms in total. The number of halogens is 3. The van der Waals surface area contributed by atoms with E-state index in [4.69, 9.17) is 10.5 Å². The first-order valence-corrected chi connectivity index (χ1v) is 8.45. The number of nitrogens with two attached hydrogens (primary N) is 1. The molecule has 148 valence electrons. The van der Waals surface area contributed by atoms with Gasteiger partial charge in [-0.15, -0.1) is 0 Å². The summed E-state index contributed by atoms with van der Waals surface area (Å²) in [5.41, 5.74) is 4.81. The quantitative estimate of drug-likeness (QED) is 0.822. The number of carboxylic acid groups (broad SMARTS) is 1. The highest BCUT2D eigenvalue weighted by molar-refractivity contribution is 5.99. The van der Waals surface area contributed by atoms with Crippen LogP contribution in [0, 0.1) is 11.7 Å². The number of rotatable bonds is 3. The lowest BCUT2D eigenvalue weighted by Gasteiger charge is -2.29. The Morgan fingerprint density at radius 3 is 2.71 bits per heavy atom. The van der Waals surface area contributed by atoms with Crippen molar-refractivity contribution in [1.82, 2.24) is 4.57 Å². The van der Waals surface area contributed by atoms with Gasteiger partial charge in [-0.2, -0.15) is 0 Å². The summed E-state index contributed by atoms with van der Waals surface area (Å²) < 4.78 is 48.3. The first kappa shape index (κ1) is 18.4. The van der Waals surface area contributed by atoms with Crippen LogP contribution in [0.1, 0.15) is 10.4 Å². The molecular formula is C18H16F3N3O4. The molecule has 28 heavy (non-hydrogen) atoms. The lowest BCUT2D eigenvalue weighted by molar-refractivity contribution is 0.0694. The van der Waals surface area contributed by atoms with Crippen molar-refractivity contribution in [3.05, 3.63) is 40.4 Å². The number of aromatic nitrogens is 1. The van der Waals surface area contributed by atoms with E-state index < -0.39 is 41.2 Å². The van der Waals surface area contributed by atoms with Crippen molar-refractivity contribution in [3.63, 3.8) is 0 Å². The van der Waals surface area contributed by atoms with Gasteiger partial charge >= 0.3 is 5.97 Å². The van der Waals surface area contributed by atoms with Gasteiger partial charge in [-0.1, -0.05) is 6.58 Å². The number of hydrogen-bond donors (Lipinski definition) is 2. The highest BCUT2D eigenvalue weighted by Gasteiger charge is 2.39. The maximum atomic E-state index is 15.0. The topological polar surface area (TPSA) is 97.8 Å². The number of carboxylic acids is 1. The first-order valence-electron chi connectivity index (χ1n) is 8.45. The fourth-order valence-electron chi connectivity index (χ4n) is 3.78. The summed E-state index contributed by atoms with van der Waals surface area (Å²) in [5.74, 6) is -3.47. The van der Waals surface area contributed by atoms with Crippen molar-refractivity contribution in [2.75, 3.05) is 24.6 Å². The van der Waals surface area contributed by atoms with Crippen LogP contribution in [-0.4, -0.2) is 47.8 Å². The molecule has 10 heteroatoms. The van der Waals surface area contributed by atoms with Crippen LogP contribution < -0.4 is 20.8 Å². The largest absolute Gasteiger partial charge is 0.483 e. The Bertz CT molecular complexity index is 1080. The van der Waals surface area contributed by atoms with Crippen LogP contribution in [0.2, 0.25) is 0 Å². The molecule has 0 spiro atoms. The van der Waals surface area contributed by atoms with Crippen molar-refractivity contribution in [3.8, 4) is 5.75 Å². The average molecular weight is 395 g/mol. The molecule has 4 rings (SSSR count). The fraction of sp³-hybridized carbons (Fsp3) is 0.333. The van der Waals surface area contributed by atoms with Crippen LogP contribution in [0.5, 0.6) is 5.75 Å². The van der Waals surface area contributed by atoms with Crippen LogP contribution in [0.4, 0.5) is 18.9 Å². The van der Waals surface area contributed by atoms with Crippen molar-refractivity contribution in [2.24, 2.45) is 11.7 Å². The second-order valence-electron chi connectivity index (χ2n) is 6.90. The molecule has 0 radical (unpaired) electrons. The van der Waals surface area contributed by atoms with E-state index in [1.54, 1.807) is 0 Å². The predicted molar refractivity (Wildman–Crippen MR) is 95.6 cm³/mol. The monoisotopic (exact) mass is 395 g/mol. The normalized spacial score (nSPS) is 21.5. The third-order valence-corrected chi connectivity index (χ3v) is 5.18. The van der Waals surface area contributed by atoms with E-state index in [1.807, 2.05) is 0 Å². The van der Waals surface area contributed by atoms with Crippen molar-refractivity contribution in [1.29, 1.82) is 0 Å². The Morgan fingerprint density at radius 2 is 2.11 bits per heavy atom. The van der Waals surface area contributed by atoms with Crippen LogP contribution >= 0.6 is 0 Å². The number of nitrogens with zero attached hydrogens (tertiary/aromatic N) is 2. The Morgan fingerprint density at radius 1 is 1.39 bits per heavy atom. The Labute approximate surface area is 156 Å². The molecule has 1 aromatic carbocycles. The molecule has 1 fully saturated rings. The van der Waals surface area contributed by atoms with E-state index in [-0.39, 0.29) is 42.0 Å². The predicted octanol–water partition coefficient (Wildman–Crippen LogP) is 1.73. The van der Waals surface area contributed by atoms with Crippen molar-refractivity contribution < 1.29 is 27.8 Å². The zero-order valence-corrected chi connectivity index (χ0v) is 14.5. The zero-order chi connectivity index (χ0) is 20.3. The smallest absolute Gasteiger partial charge is 0.341 e. The molecule has 3 N–H and O–H groups in total. The number of alkyl halides is 2. The zero-order valence-electron chi connectivity index (χ0n) is 14.5. The Balaban J connectivity index is 1.98. The third kappa shape index (κ3) is 2.55. The number of pyridine rings is 1. The highest BCUT2D eigenvalue weighted by atomic mass is 19.3. The standard InChI is InChI=1S/C18H16F3N3O4/c1-7-6-28-16-13-8(15(25)10(18(26)27)4-24(7)13)2-11(19)14(16)23-3-9(17(20)21)12(22)5-23/h2,4,9,12,17H,1,3,5-6,22H2,(H,26,27). The van der Waals surface area contributed by atoms with E-state index in [0.29, 0.717) is 5.70 Å². The second kappa shape index (κ2) is 6.26. The van der Waals surface area contributed by atoms with Crippen LogP contribution in [0.25, 0.3) is 16.6 Å². The average Bonchev–Trinajstić information content (AvgIpc) is 3.00. The third-order valence-electron chi connectivity index (χ3n) is 5.18. The lowest BCUT2D eigenvalue weighted by Crippen LogP contribution is -2.33. The van der Waals surface area contributed by atoms with E-state index in [2.05, 4.69) is 6.58 Å². The van der Waals surface area contributed by atoms with Gasteiger partial charge in [0.2, 0.25) is 11.9 Å². The molecule has 2 aromatic rings. The molecule has 3 heterocycles. The molecule has 0 bridgehead atoms. The maximum absolute atomic E-state index is 15.0. The number of aromatic carboxylic acids is 1. The number of ether oxygens (including phenoxy) is 1. The summed E-state index contributed by atoms with van der Waals surface area (Å²) >= 11 is 0. The summed E-state index contributed by atoms with van der Waals surface area (Å²) in [6.45, 7) is 3.52. The van der Waals surface area contributed by atoms with E-state index in [1.165, 1.54) is 9.47 Å². The van der Waals surface area contributed by atoms with Crippen LogP contribution in [-0.2, 0) is 0 Å². The molecule has 2 unspecified atom stereocenters. The molecule has 0 aliphatic carbocycles. The number of carbonyl (C=O) groups is 1. The van der Waals surface area contributed by atoms with E-state index >= 15 is 0 Å². The maximum Gasteiger partial charge on any atom is 0.341 e. The van der Waals surface area contributed by atoms with E-state index in [9.17, 15) is 27.9 Å². The molecule has 0 amide bonds. The van der Waals surface area contributed by atoms with Crippen LogP contribution in [0.15, 0.2) is 23.6 Å². The molecule has 2 aliphatic heterocycles. The van der Waals surface area contributed by atoms with Gasteiger partial charge in [-0.3, -0.25) is 4.79 Å². The van der Waals surface area contributed by atoms with E-state index in [0.717, 1.165) is 12.3 Å². The second-order valence-corrected chi connectivity index (χ2v) is 6.90. The SMILES string of the molecule is C=C1COc2c(N3CC(N)C(C(F)F)C3)c(F)cc3c(=O)c(C(=O)O)cn1c23. The Hall–Kier alpha value is -3.01. The molecular weight excluding hydrogens is 379 g/mol. The van der Waals surface area contributed by atoms with Crippen LogP contribution in [0.3, 0.4) is 0 Å².